The van der Waals surface area contributed by atoms with Crippen LogP contribution in [0.3, 0.4) is 0 Å². The molecule has 1 aliphatic rings. The average Bonchev–Trinajstić information content (AvgIpc) is 3.33. The van der Waals surface area contributed by atoms with Crippen LogP contribution in [0.2, 0.25) is 0 Å². The second kappa shape index (κ2) is 9.64. The smallest absolute Gasteiger partial charge is 0.239 e. The fourth-order valence-electron chi connectivity index (χ4n) is 3.08. The topological polar surface area (TPSA) is 83.7 Å². The predicted molar refractivity (Wildman–Crippen MR) is 111 cm³/mol. The quantitative estimate of drug-likeness (QED) is 0.629. The lowest BCUT2D eigenvalue weighted by Gasteiger charge is -2.10. The summed E-state index contributed by atoms with van der Waals surface area (Å²) >= 11 is 0. The van der Waals surface area contributed by atoms with E-state index in [-0.39, 0.29) is 12.5 Å². The summed E-state index contributed by atoms with van der Waals surface area (Å²) in [4.78, 5) is 26.6. The van der Waals surface area contributed by atoms with E-state index in [0.29, 0.717) is 19.7 Å². The number of hydrogen-bond acceptors (Lipinski definition) is 4. The third kappa shape index (κ3) is 5.28. The molecule has 1 aromatic heterocycles. The molecule has 0 saturated carbocycles. The first-order valence-electron chi connectivity index (χ1n) is 9.41. The normalized spacial score (nSPS) is 11.5. The molecule has 2 aromatic carbocycles. The molecular weight excluding hydrogens is 370 g/mol. The summed E-state index contributed by atoms with van der Waals surface area (Å²) in [5, 5.41) is 4.03. The molecule has 2 amide bonds. The SMILES string of the molecule is Cc1c(CCNC(=O)CN(C)C=O)[nH]c2ccccc12.c1ccc2c(c1)OCO2. The Morgan fingerprint density at radius 3 is 2.45 bits per heavy atom. The molecule has 0 bridgehead atoms. The van der Waals surface area contributed by atoms with Crippen molar-refractivity contribution in [3.63, 3.8) is 0 Å². The number of nitrogens with zero attached hydrogens (tertiary/aromatic N) is 1. The summed E-state index contributed by atoms with van der Waals surface area (Å²) in [5.41, 5.74) is 3.47. The molecule has 1 aliphatic heterocycles. The number of fused-ring (bicyclic) bond motifs is 2. The van der Waals surface area contributed by atoms with E-state index in [4.69, 9.17) is 9.47 Å². The van der Waals surface area contributed by atoms with Gasteiger partial charge in [0.1, 0.15) is 0 Å². The largest absolute Gasteiger partial charge is 0.454 e. The summed E-state index contributed by atoms with van der Waals surface area (Å²) in [6.07, 6.45) is 1.39. The van der Waals surface area contributed by atoms with E-state index < -0.39 is 0 Å². The molecule has 2 heterocycles. The molecule has 7 nitrogen and oxygen atoms in total. The van der Waals surface area contributed by atoms with Gasteiger partial charge in [-0.3, -0.25) is 9.59 Å². The number of benzene rings is 2. The van der Waals surface area contributed by atoms with Crippen LogP contribution < -0.4 is 14.8 Å². The van der Waals surface area contributed by atoms with Crippen molar-refractivity contribution < 1.29 is 19.1 Å². The Morgan fingerprint density at radius 1 is 1.14 bits per heavy atom. The van der Waals surface area contributed by atoms with Gasteiger partial charge in [0.25, 0.3) is 0 Å². The van der Waals surface area contributed by atoms with Crippen LogP contribution in [0, 0.1) is 6.92 Å². The number of amides is 2. The zero-order valence-corrected chi connectivity index (χ0v) is 16.6. The Hall–Kier alpha value is -3.48. The van der Waals surface area contributed by atoms with Crippen LogP contribution in [0.15, 0.2) is 48.5 Å². The van der Waals surface area contributed by atoms with Crippen LogP contribution in [0.1, 0.15) is 11.3 Å². The second-order valence-electron chi connectivity index (χ2n) is 6.75. The molecule has 29 heavy (non-hydrogen) atoms. The monoisotopic (exact) mass is 395 g/mol. The van der Waals surface area contributed by atoms with Gasteiger partial charge in [0.05, 0.1) is 6.54 Å². The molecule has 3 aromatic rings. The van der Waals surface area contributed by atoms with E-state index in [1.54, 1.807) is 7.05 Å². The van der Waals surface area contributed by atoms with Gasteiger partial charge in [-0.2, -0.15) is 0 Å². The van der Waals surface area contributed by atoms with Crippen LogP contribution in [0.25, 0.3) is 10.9 Å². The van der Waals surface area contributed by atoms with Gasteiger partial charge in [-0.15, -0.1) is 0 Å². The average molecular weight is 395 g/mol. The maximum atomic E-state index is 11.5. The van der Waals surface area contributed by atoms with E-state index in [9.17, 15) is 9.59 Å². The lowest BCUT2D eigenvalue weighted by Crippen LogP contribution is -2.35. The van der Waals surface area contributed by atoms with Crippen molar-refractivity contribution >= 4 is 23.2 Å². The van der Waals surface area contributed by atoms with Crippen molar-refractivity contribution in [2.24, 2.45) is 0 Å². The third-order valence-electron chi connectivity index (χ3n) is 4.62. The minimum atomic E-state index is -0.145. The number of carbonyl (C=O) groups is 2. The highest BCUT2D eigenvalue weighted by Crippen LogP contribution is 2.30. The molecule has 2 N–H and O–H groups in total. The molecule has 7 heteroatoms. The highest BCUT2D eigenvalue weighted by atomic mass is 16.7. The zero-order valence-electron chi connectivity index (χ0n) is 16.6. The van der Waals surface area contributed by atoms with Gasteiger partial charge in [0.15, 0.2) is 11.5 Å². The third-order valence-corrected chi connectivity index (χ3v) is 4.62. The number of H-pyrrole nitrogens is 1. The van der Waals surface area contributed by atoms with E-state index in [1.165, 1.54) is 15.8 Å². The van der Waals surface area contributed by atoms with Crippen LogP contribution in [-0.4, -0.2) is 49.1 Å². The number of para-hydroxylation sites is 3. The van der Waals surface area contributed by atoms with Crippen molar-refractivity contribution in [1.29, 1.82) is 0 Å². The number of aromatic nitrogens is 1. The maximum absolute atomic E-state index is 11.5. The summed E-state index contributed by atoms with van der Waals surface area (Å²) in [7, 11) is 1.58. The van der Waals surface area contributed by atoms with Gasteiger partial charge in [0.2, 0.25) is 19.1 Å². The summed E-state index contributed by atoms with van der Waals surface area (Å²) in [6, 6.07) is 15.8. The molecule has 4 rings (SSSR count). The Kier molecular flexibility index (Phi) is 6.73. The fourth-order valence-corrected chi connectivity index (χ4v) is 3.08. The van der Waals surface area contributed by atoms with Crippen molar-refractivity contribution in [3.05, 3.63) is 59.8 Å². The Balaban J connectivity index is 0.000000220. The van der Waals surface area contributed by atoms with E-state index >= 15 is 0 Å². The standard InChI is InChI=1S/C15H19N3O2.C7H6O2/c1-11-12-5-3-4-6-14(12)17-13(11)7-8-16-15(20)9-18(2)10-19;1-2-4-7-6(3-1)8-5-9-7/h3-6,10,17H,7-9H2,1-2H3,(H,16,20);1-4H,5H2. The van der Waals surface area contributed by atoms with Crippen LogP contribution in [0.4, 0.5) is 0 Å². The molecule has 0 atom stereocenters. The number of aryl methyl sites for hydroxylation is 1. The number of aromatic amines is 1. The lowest BCUT2D eigenvalue weighted by atomic mass is 10.1. The molecule has 0 aliphatic carbocycles. The molecule has 0 fully saturated rings. The summed E-state index contributed by atoms with van der Waals surface area (Å²) in [5.74, 6) is 1.54. The lowest BCUT2D eigenvalue weighted by molar-refractivity contribution is -0.127. The maximum Gasteiger partial charge on any atom is 0.239 e. The molecule has 0 spiro atoms. The van der Waals surface area contributed by atoms with Crippen LogP contribution in [0.5, 0.6) is 11.5 Å². The molecular formula is C22H25N3O4. The van der Waals surface area contributed by atoms with Gasteiger partial charge in [0, 0.05) is 36.6 Å². The summed E-state index contributed by atoms with van der Waals surface area (Å²) in [6.45, 7) is 3.09. The first-order chi connectivity index (χ1) is 14.1. The predicted octanol–water partition coefficient (Wildman–Crippen LogP) is 2.64. The van der Waals surface area contributed by atoms with E-state index in [1.807, 2.05) is 42.5 Å². The highest BCUT2D eigenvalue weighted by Gasteiger charge is 2.10. The van der Waals surface area contributed by atoms with Crippen LogP contribution in [-0.2, 0) is 16.0 Å². The highest BCUT2D eigenvalue weighted by molar-refractivity contribution is 5.84. The van der Waals surface area contributed by atoms with Gasteiger partial charge < -0.3 is 24.7 Å². The molecule has 0 saturated heterocycles. The van der Waals surface area contributed by atoms with Gasteiger partial charge in [-0.05, 0) is 30.7 Å². The Bertz CT molecular complexity index is 960. The first-order valence-corrected chi connectivity index (χ1v) is 9.41. The van der Waals surface area contributed by atoms with Gasteiger partial charge in [-0.1, -0.05) is 30.3 Å². The van der Waals surface area contributed by atoms with Gasteiger partial charge in [-0.25, -0.2) is 0 Å². The molecule has 152 valence electrons. The fraction of sp³-hybridized carbons (Fsp3) is 0.273. The Morgan fingerprint density at radius 2 is 1.79 bits per heavy atom. The number of nitrogens with one attached hydrogen (secondary N) is 2. The molecule has 0 radical (unpaired) electrons. The number of hydrogen-bond donors (Lipinski definition) is 2. The van der Waals surface area contributed by atoms with E-state index in [0.717, 1.165) is 29.1 Å². The van der Waals surface area contributed by atoms with Crippen molar-refractivity contribution in [3.8, 4) is 11.5 Å². The number of carbonyl (C=O) groups excluding carboxylic acids is 2. The van der Waals surface area contributed by atoms with E-state index in [2.05, 4.69) is 23.3 Å². The van der Waals surface area contributed by atoms with Crippen molar-refractivity contribution in [1.82, 2.24) is 15.2 Å². The zero-order chi connectivity index (χ0) is 20.6. The van der Waals surface area contributed by atoms with Crippen molar-refractivity contribution in [2.75, 3.05) is 26.9 Å². The minimum Gasteiger partial charge on any atom is -0.454 e. The molecule has 0 unspecified atom stereocenters. The Labute approximate surface area is 169 Å². The minimum absolute atomic E-state index is 0.0924. The first kappa shape index (κ1) is 20.3. The summed E-state index contributed by atoms with van der Waals surface area (Å²) < 4.78 is 10.2. The van der Waals surface area contributed by atoms with Crippen molar-refractivity contribution in [2.45, 2.75) is 13.3 Å². The van der Waals surface area contributed by atoms with Gasteiger partial charge >= 0.3 is 0 Å². The van der Waals surface area contributed by atoms with Crippen LogP contribution >= 0.6 is 0 Å². The second-order valence-corrected chi connectivity index (χ2v) is 6.75. The number of rotatable bonds is 6. The number of ether oxygens (including phenoxy) is 2. The number of likely N-dealkylation sites (N-methyl/N-ethyl adjacent to an activating group) is 1.